The zero-order valence-electron chi connectivity index (χ0n) is 32.1. The smallest absolute Gasteiger partial charge is 0.260 e. The molecule has 0 amide bonds. The zero-order valence-corrected chi connectivity index (χ0v) is 32.1. The highest BCUT2D eigenvalue weighted by Crippen LogP contribution is 2.45. The van der Waals surface area contributed by atoms with Gasteiger partial charge in [0.25, 0.3) is 13.4 Å². The number of nitrogens with zero attached hydrogens (tertiary/aromatic N) is 9. The molecule has 0 spiro atoms. The van der Waals surface area contributed by atoms with Crippen LogP contribution < -0.4 is 52.4 Å². The highest BCUT2D eigenvalue weighted by Gasteiger charge is 2.50. The molecule has 4 aliphatic rings. The van der Waals surface area contributed by atoms with E-state index in [1.54, 1.807) is 6.33 Å². The molecule has 4 aromatic heterocycles. The van der Waals surface area contributed by atoms with E-state index in [9.17, 15) is 0 Å². The highest BCUT2D eigenvalue weighted by atomic mass is 15.3. The molecule has 0 radical (unpaired) electrons. The highest BCUT2D eigenvalue weighted by molar-refractivity contribution is 7.02. The second kappa shape index (κ2) is 12.7. The van der Waals surface area contributed by atoms with Gasteiger partial charge in [0.2, 0.25) is 0 Å². The minimum atomic E-state index is -0.257. The maximum Gasteiger partial charge on any atom is 0.260 e. The maximum absolute atomic E-state index is 5.89. The molecule has 13 rings (SSSR count). The zero-order chi connectivity index (χ0) is 39.3. The minimum absolute atomic E-state index is 0.163. The van der Waals surface area contributed by atoms with Crippen molar-refractivity contribution in [2.75, 3.05) is 19.6 Å². The summed E-state index contributed by atoms with van der Waals surface area (Å²) in [6.45, 7) is -0.421. The summed E-state index contributed by atoms with van der Waals surface area (Å²) in [6.07, 6.45) is 7.49. The predicted molar refractivity (Wildman–Crippen MR) is 243 cm³/mol. The normalized spacial score (nSPS) is 13.8. The van der Waals surface area contributed by atoms with E-state index < -0.39 is 0 Å². The van der Waals surface area contributed by atoms with Crippen LogP contribution >= 0.6 is 0 Å². The Balaban J connectivity index is 1.14. The van der Waals surface area contributed by atoms with Gasteiger partial charge < -0.3 is 4.90 Å². The molecule has 8 heterocycles. The lowest BCUT2D eigenvalue weighted by Crippen LogP contribution is -2.66. The molecule has 60 heavy (non-hydrogen) atoms. The number of aromatic nitrogens is 5. The number of fused-ring (bicyclic) bond motifs is 8. The predicted octanol–water partition coefficient (Wildman–Crippen LogP) is 6.83. The third kappa shape index (κ3) is 4.57. The van der Waals surface area contributed by atoms with E-state index >= 15 is 0 Å². The van der Waals surface area contributed by atoms with Gasteiger partial charge >= 0.3 is 0 Å². The van der Waals surface area contributed by atoms with Crippen LogP contribution in [0.25, 0.3) is 0 Å². The lowest BCUT2D eigenvalue weighted by molar-refractivity contribution is 1.05. The van der Waals surface area contributed by atoms with Crippen molar-refractivity contribution in [3.8, 4) is 0 Å². The van der Waals surface area contributed by atoms with Crippen molar-refractivity contribution in [3.63, 3.8) is 0 Å². The van der Waals surface area contributed by atoms with Crippen LogP contribution in [-0.2, 0) is 0 Å². The molecular weight excluding hydrogens is 736 g/mol. The molecule has 0 saturated heterocycles. The van der Waals surface area contributed by atoms with E-state index in [1.165, 1.54) is 5.46 Å². The van der Waals surface area contributed by atoms with Crippen LogP contribution in [0.1, 0.15) is 0 Å². The quantitative estimate of drug-likeness (QED) is 0.179. The summed E-state index contributed by atoms with van der Waals surface area (Å²) in [5.41, 5.74) is 13.9. The fraction of sp³-hybridized carbons (Fsp3) is 0. The van der Waals surface area contributed by atoms with Crippen molar-refractivity contribution in [3.05, 3.63) is 189 Å². The van der Waals surface area contributed by atoms with Gasteiger partial charge in [-0.15, -0.1) is 0 Å². The summed E-state index contributed by atoms with van der Waals surface area (Å²) in [4.78, 5) is 35.1. The number of benzene rings is 5. The summed E-state index contributed by atoms with van der Waals surface area (Å²) in [5.74, 6) is 4.12. The molecule has 0 saturated carbocycles. The first-order valence-corrected chi connectivity index (χ1v) is 20.2. The lowest BCUT2D eigenvalue weighted by Gasteiger charge is -2.45. The number of hydrogen-bond donors (Lipinski definition) is 0. The number of para-hydroxylation sites is 4. The van der Waals surface area contributed by atoms with Crippen LogP contribution in [0.5, 0.6) is 0 Å². The molecule has 0 unspecified atom stereocenters. The van der Waals surface area contributed by atoms with Crippen molar-refractivity contribution in [2.45, 2.75) is 0 Å². The SMILES string of the molecule is c1ccc(N2c3ccncc3B3c4cc5c(nc4N(c4ccccc4)c4cccc2c43)N(c2ccccc2)c2ncnc3c2B5c2cccnc2N3c2ccccc2)cc1. The van der Waals surface area contributed by atoms with Gasteiger partial charge in [-0.1, -0.05) is 91.0 Å². The van der Waals surface area contributed by atoms with Crippen LogP contribution in [0.4, 0.5) is 68.9 Å². The molecule has 5 aromatic carbocycles. The molecule has 0 N–H and O–H groups in total. The number of anilines is 12. The van der Waals surface area contributed by atoms with Crippen molar-refractivity contribution < 1.29 is 0 Å². The summed E-state index contributed by atoms with van der Waals surface area (Å²) < 4.78 is 0. The molecule has 278 valence electrons. The first-order valence-electron chi connectivity index (χ1n) is 20.2. The topological polar surface area (TPSA) is 77.4 Å². The fourth-order valence-corrected chi connectivity index (χ4v) is 9.91. The molecule has 9 aromatic rings. The van der Waals surface area contributed by atoms with Gasteiger partial charge in [-0.25, -0.2) is 19.9 Å². The van der Waals surface area contributed by atoms with Crippen molar-refractivity contribution >= 4 is 115 Å². The summed E-state index contributed by atoms with van der Waals surface area (Å²) in [6, 6.07) is 57.5. The molecule has 0 fully saturated rings. The van der Waals surface area contributed by atoms with Gasteiger partial charge in [-0.3, -0.25) is 19.7 Å². The molecule has 0 bridgehead atoms. The number of rotatable bonds is 4. The maximum atomic E-state index is 5.89. The molecule has 9 nitrogen and oxygen atoms in total. The first kappa shape index (κ1) is 33.0. The Morgan fingerprint density at radius 2 is 0.883 bits per heavy atom. The largest absolute Gasteiger partial charge is 0.311 e. The van der Waals surface area contributed by atoms with Gasteiger partial charge in [0.1, 0.15) is 35.4 Å². The van der Waals surface area contributed by atoms with E-state index in [0.717, 1.165) is 96.2 Å². The van der Waals surface area contributed by atoms with E-state index in [-0.39, 0.29) is 13.4 Å². The Morgan fingerprint density at radius 1 is 0.350 bits per heavy atom. The average molecular weight is 767 g/mol. The van der Waals surface area contributed by atoms with Crippen molar-refractivity contribution in [1.82, 2.24) is 24.9 Å². The molecule has 11 heteroatoms. The first-order chi connectivity index (χ1) is 29.8. The number of pyridine rings is 3. The fourth-order valence-electron chi connectivity index (χ4n) is 9.91. The van der Waals surface area contributed by atoms with Crippen LogP contribution in [-0.4, -0.2) is 38.3 Å². The second-order valence-electron chi connectivity index (χ2n) is 15.4. The van der Waals surface area contributed by atoms with Crippen LogP contribution in [0.15, 0.2) is 189 Å². The van der Waals surface area contributed by atoms with Gasteiger partial charge in [0.15, 0.2) is 0 Å². The third-order valence-corrected chi connectivity index (χ3v) is 12.2. The van der Waals surface area contributed by atoms with Crippen molar-refractivity contribution in [1.29, 1.82) is 0 Å². The molecule has 0 aliphatic carbocycles. The van der Waals surface area contributed by atoms with Crippen LogP contribution in [0.2, 0.25) is 0 Å². The van der Waals surface area contributed by atoms with E-state index in [1.807, 2.05) is 36.8 Å². The average Bonchev–Trinajstić information content (AvgIpc) is 3.32. The van der Waals surface area contributed by atoms with Crippen LogP contribution in [0, 0.1) is 0 Å². The van der Waals surface area contributed by atoms with E-state index in [4.69, 9.17) is 24.9 Å². The summed E-state index contributed by atoms with van der Waals surface area (Å²) in [5, 5.41) is 0. The Hall–Kier alpha value is -8.04. The Morgan fingerprint density at radius 3 is 1.52 bits per heavy atom. The monoisotopic (exact) mass is 767 g/mol. The summed E-state index contributed by atoms with van der Waals surface area (Å²) >= 11 is 0. The standard InChI is InChI=1S/C49H31B2N9/c1-5-15-32(16-6-1)57-40-26-28-52-30-39(40)51-37-29-38-47(56-46(37)58(33-17-7-2-8-18-33)42-25-13-24-41(57)43(42)51)60(35-21-11-4-12-22-35)49-44-48(54-31-55-49)59(34-19-9-3-10-20-34)45-36(50(38)44)23-14-27-53-45/h1-31H. The molecule has 4 aliphatic heterocycles. The third-order valence-electron chi connectivity index (χ3n) is 12.2. The van der Waals surface area contributed by atoms with E-state index in [0.29, 0.717) is 0 Å². The molecule has 0 atom stereocenters. The van der Waals surface area contributed by atoms with Crippen LogP contribution in [0.3, 0.4) is 0 Å². The van der Waals surface area contributed by atoms with E-state index in [2.05, 4.69) is 165 Å². The molecular formula is C49H31B2N9. The Kier molecular flexibility index (Phi) is 7.00. The Labute approximate surface area is 347 Å². The van der Waals surface area contributed by atoms with Gasteiger partial charge in [-0.2, -0.15) is 0 Å². The van der Waals surface area contributed by atoms with Crippen molar-refractivity contribution in [2.24, 2.45) is 0 Å². The van der Waals surface area contributed by atoms with Gasteiger partial charge in [0, 0.05) is 63.9 Å². The lowest BCUT2D eigenvalue weighted by atomic mass is 9.31. The minimum Gasteiger partial charge on any atom is -0.311 e. The second-order valence-corrected chi connectivity index (χ2v) is 15.4. The Bertz CT molecular complexity index is 2950. The number of hydrogen-bond acceptors (Lipinski definition) is 9. The summed E-state index contributed by atoms with van der Waals surface area (Å²) in [7, 11) is 0. The van der Waals surface area contributed by atoms with Gasteiger partial charge in [-0.05, 0) is 100 Å². The van der Waals surface area contributed by atoms with Gasteiger partial charge in [0.05, 0.1) is 0 Å².